The first-order valence-electron chi connectivity index (χ1n) is 6.72. The average Bonchev–Trinajstić information content (AvgIpc) is 2.82. The lowest BCUT2D eigenvalue weighted by Gasteiger charge is -2.14. The molecular weight excluding hydrogens is 330 g/mol. The number of carbonyl (C=O) groups is 2. The number of benzene rings is 2. The molecule has 1 N–H and O–H groups in total. The van der Waals surface area contributed by atoms with Crippen molar-refractivity contribution in [2.24, 2.45) is 0 Å². The van der Waals surface area contributed by atoms with Crippen molar-refractivity contribution in [3.8, 4) is 0 Å². The molecule has 0 saturated carbocycles. The quantitative estimate of drug-likeness (QED) is 0.680. The average molecular weight is 341 g/mol. The van der Waals surface area contributed by atoms with Gasteiger partial charge >= 0.3 is 5.97 Å². The zero-order valence-electron chi connectivity index (χ0n) is 11.8. The number of rotatable bonds is 3. The standard InChI is InChI=1S/C17H11NO3S2/c19-15-14(10-11-4-2-1-3-5-11)23-17(22)18(15)13-8-6-12(7-9-13)16(20)21/h1-10H,(H,20,21)/b14-10-. The number of nitrogens with zero attached hydrogens (tertiary/aromatic N) is 1. The molecule has 1 aliphatic heterocycles. The summed E-state index contributed by atoms with van der Waals surface area (Å²) in [6.07, 6.45) is 1.80. The molecule has 114 valence electrons. The van der Waals surface area contributed by atoms with Gasteiger partial charge in [-0.15, -0.1) is 0 Å². The first kappa shape index (κ1) is 15.5. The number of hydrogen-bond acceptors (Lipinski definition) is 4. The van der Waals surface area contributed by atoms with Crippen molar-refractivity contribution in [1.29, 1.82) is 0 Å². The molecule has 0 spiro atoms. The van der Waals surface area contributed by atoms with Gasteiger partial charge in [0.2, 0.25) is 0 Å². The monoisotopic (exact) mass is 341 g/mol. The molecule has 23 heavy (non-hydrogen) atoms. The molecule has 1 aliphatic rings. The zero-order valence-corrected chi connectivity index (χ0v) is 13.4. The van der Waals surface area contributed by atoms with E-state index >= 15 is 0 Å². The fraction of sp³-hybridized carbons (Fsp3) is 0. The summed E-state index contributed by atoms with van der Waals surface area (Å²) in [5.41, 5.74) is 1.65. The SMILES string of the molecule is O=C(O)c1ccc(N2C(=O)/C(=C/c3ccccc3)SC2=S)cc1. The van der Waals surface area contributed by atoms with Crippen LogP contribution >= 0.6 is 24.0 Å². The number of anilines is 1. The van der Waals surface area contributed by atoms with Gasteiger partial charge in [-0.05, 0) is 35.9 Å². The van der Waals surface area contributed by atoms with Crippen LogP contribution in [0, 0.1) is 0 Å². The molecule has 0 atom stereocenters. The minimum absolute atomic E-state index is 0.166. The summed E-state index contributed by atoms with van der Waals surface area (Å²) in [6.45, 7) is 0. The van der Waals surface area contributed by atoms with Crippen molar-refractivity contribution < 1.29 is 14.7 Å². The third-order valence-corrected chi connectivity index (χ3v) is 4.57. The molecule has 1 amide bonds. The fourth-order valence-corrected chi connectivity index (χ4v) is 3.44. The lowest BCUT2D eigenvalue weighted by atomic mass is 10.2. The van der Waals surface area contributed by atoms with E-state index in [1.54, 1.807) is 18.2 Å². The van der Waals surface area contributed by atoms with Gasteiger partial charge in [0.05, 0.1) is 16.2 Å². The molecule has 1 fully saturated rings. The highest BCUT2D eigenvalue weighted by Crippen LogP contribution is 2.36. The molecule has 0 aliphatic carbocycles. The van der Waals surface area contributed by atoms with Crippen molar-refractivity contribution in [3.63, 3.8) is 0 Å². The maximum atomic E-state index is 12.6. The summed E-state index contributed by atoms with van der Waals surface area (Å²) in [5, 5.41) is 8.93. The molecular formula is C17H11NO3S2. The van der Waals surface area contributed by atoms with Crippen molar-refractivity contribution in [2.45, 2.75) is 0 Å². The Balaban J connectivity index is 1.90. The zero-order chi connectivity index (χ0) is 16.4. The second-order valence-electron chi connectivity index (χ2n) is 4.78. The predicted octanol–water partition coefficient (Wildman–Crippen LogP) is 3.79. The normalized spacial score (nSPS) is 16.2. The smallest absolute Gasteiger partial charge is 0.335 e. The number of amides is 1. The van der Waals surface area contributed by atoms with Crippen LogP contribution in [0.3, 0.4) is 0 Å². The first-order valence-corrected chi connectivity index (χ1v) is 7.95. The minimum Gasteiger partial charge on any atom is -0.478 e. The van der Waals surface area contributed by atoms with Gasteiger partial charge in [0, 0.05) is 0 Å². The van der Waals surface area contributed by atoms with Crippen LogP contribution in [0.1, 0.15) is 15.9 Å². The van der Waals surface area contributed by atoms with Gasteiger partial charge in [-0.2, -0.15) is 0 Å². The molecule has 4 nitrogen and oxygen atoms in total. The largest absolute Gasteiger partial charge is 0.478 e. The Morgan fingerprint density at radius 3 is 2.35 bits per heavy atom. The predicted molar refractivity (Wildman–Crippen MR) is 95.5 cm³/mol. The van der Waals surface area contributed by atoms with Crippen molar-refractivity contribution in [1.82, 2.24) is 0 Å². The van der Waals surface area contributed by atoms with Gasteiger partial charge < -0.3 is 5.11 Å². The van der Waals surface area contributed by atoms with Crippen LogP contribution in [0.25, 0.3) is 6.08 Å². The minimum atomic E-state index is -1.01. The summed E-state index contributed by atoms with van der Waals surface area (Å²) in [7, 11) is 0. The van der Waals surface area contributed by atoms with Gasteiger partial charge in [0.25, 0.3) is 5.91 Å². The van der Waals surface area contributed by atoms with Crippen molar-refractivity contribution in [2.75, 3.05) is 4.90 Å². The van der Waals surface area contributed by atoms with E-state index in [1.807, 2.05) is 30.3 Å². The second-order valence-corrected chi connectivity index (χ2v) is 6.46. The molecule has 0 unspecified atom stereocenters. The van der Waals surface area contributed by atoms with Gasteiger partial charge in [-0.3, -0.25) is 9.69 Å². The lowest BCUT2D eigenvalue weighted by Crippen LogP contribution is -2.27. The highest BCUT2D eigenvalue weighted by molar-refractivity contribution is 8.27. The molecule has 1 heterocycles. The van der Waals surface area contributed by atoms with E-state index in [1.165, 1.54) is 28.8 Å². The number of carbonyl (C=O) groups excluding carboxylic acids is 1. The van der Waals surface area contributed by atoms with Gasteiger partial charge in [0.1, 0.15) is 0 Å². The van der Waals surface area contributed by atoms with E-state index in [9.17, 15) is 9.59 Å². The van der Waals surface area contributed by atoms with E-state index < -0.39 is 5.97 Å². The maximum absolute atomic E-state index is 12.6. The van der Waals surface area contributed by atoms with E-state index in [0.717, 1.165) is 5.56 Å². The summed E-state index contributed by atoms with van der Waals surface area (Å²) in [6, 6.07) is 15.6. The van der Waals surface area contributed by atoms with Gasteiger partial charge in [0.15, 0.2) is 4.32 Å². The van der Waals surface area contributed by atoms with E-state index in [2.05, 4.69) is 0 Å². The van der Waals surface area contributed by atoms with Crippen molar-refractivity contribution >= 4 is 51.9 Å². The van der Waals surface area contributed by atoms with Gasteiger partial charge in [-0.1, -0.05) is 54.3 Å². The number of carboxylic acid groups (broad SMARTS) is 1. The highest BCUT2D eigenvalue weighted by atomic mass is 32.2. The third kappa shape index (κ3) is 3.18. The molecule has 3 rings (SSSR count). The first-order chi connectivity index (χ1) is 11.1. The van der Waals surface area contributed by atoms with Crippen LogP contribution in [0.2, 0.25) is 0 Å². The number of aromatic carboxylic acids is 1. The second kappa shape index (κ2) is 6.36. The highest BCUT2D eigenvalue weighted by Gasteiger charge is 2.33. The topological polar surface area (TPSA) is 57.6 Å². The summed E-state index contributed by atoms with van der Waals surface area (Å²) in [5.74, 6) is -1.21. The summed E-state index contributed by atoms with van der Waals surface area (Å²) >= 11 is 6.52. The lowest BCUT2D eigenvalue weighted by molar-refractivity contribution is -0.113. The Kier molecular flexibility index (Phi) is 4.27. The molecule has 0 aromatic heterocycles. The van der Waals surface area contributed by atoms with Crippen LogP contribution in [0.15, 0.2) is 59.5 Å². The van der Waals surface area contributed by atoms with Crippen molar-refractivity contribution in [3.05, 3.63) is 70.6 Å². The van der Waals surface area contributed by atoms with Crippen LogP contribution in [-0.2, 0) is 4.79 Å². The van der Waals surface area contributed by atoms with Crippen LogP contribution in [0.4, 0.5) is 5.69 Å². The fourth-order valence-electron chi connectivity index (χ4n) is 2.14. The molecule has 6 heteroatoms. The summed E-state index contributed by atoms with van der Waals surface area (Å²) in [4.78, 5) is 25.4. The Bertz CT molecular complexity index is 813. The summed E-state index contributed by atoms with van der Waals surface area (Å²) < 4.78 is 0.431. The maximum Gasteiger partial charge on any atom is 0.335 e. The Labute approximate surface area is 142 Å². The van der Waals surface area contributed by atoms with Gasteiger partial charge in [-0.25, -0.2) is 4.79 Å². The number of hydrogen-bond donors (Lipinski definition) is 1. The van der Waals surface area contributed by atoms with E-state index in [-0.39, 0.29) is 11.5 Å². The molecule has 0 radical (unpaired) electrons. The number of thiocarbonyl (C=S) groups is 1. The molecule has 1 saturated heterocycles. The van der Waals surface area contributed by atoms with Crippen LogP contribution in [0.5, 0.6) is 0 Å². The van der Waals surface area contributed by atoms with Crippen LogP contribution in [-0.4, -0.2) is 21.3 Å². The number of carboxylic acids is 1. The molecule has 0 bridgehead atoms. The Morgan fingerprint density at radius 1 is 1.09 bits per heavy atom. The van der Waals surface area contributed by atoms with Crippen LogP contribution < -0.4 is 4.90 Å². The van der Waals surface area contributed by atoms with E-state index in [0.29, 0.717) is 14.9 Å². The molecule has 2 aromatic rings. The Morgan fingerprint density at radius 2 is 1.74 bits per heavy atom. The molecule has 2 aromatic carbocycles. The third-order valence-electron chi connectivity index (χ3n) is 3.26. The number of thioether (sulfide) groups is 1. The van der Waals surface area contributed by atoms with E-state index in [4.69, 9.17) is 17.3 Å². The Hall–Kier alpha value is -2.44.